The zero-order chi connectivity index (χ0) is 14.8. The van der Waals surface area contributed by atoms with Gasteiger partial charge in [-0.2, -0.15) is 0 Å². The second kappa shape index (κ2) is 19.8. The number of unbranched alkanes of at least 4 members (excludes halogenated alkanes) is 6. The van der Waals surface area contributed by atoms with Gasteiger partial charge in [-0.3, -0.25) is 4.79 Å². The molecule has 0 spiro atoms. The number of hydrogen-bond acceptors (Lipinski definition) is 2. The highest BCUT2D eigenvalue weighted by Gasteiger charge is 1.98. The molecule has 0 fully saturated rings. The number of nitrogens with one attached hydrogen (secondary N) is 2. The monoisotopic (exact) mass is 272 g/mol. The number of hydrogen-bond donors (Lipinski definition) is 2. The first-order chi connectivity index (χ1) is 9.22. The first kappa shape index (κ1) is 20.7. The molecule has 3 nitrogen and oxygen atoms in total. The molecule has 116 valence electrons. The van der Waals surface area contributed by atoms with Crippen LogP contribution in [0.4, 0.5) is 0 Å². The maximum atomic E-state index is 11.1. The quantitative estimate of drug-likeness (QED) is 0.560. The van der Waals surface area contributed by atoms with Crippen molar-refractivity contribution in [2.24, 2.45) is 0 Å². The Morgan fingerprint density at radius 3 is 1.68 bits per heavy atom. The van der Waals surface area contributed by atoms with Crippen LogP contribution in [0.5, 0.6) is 0 Å². The van der Waals surface area contributed by atoms with E-state index in [1.165, 1.54) is 38.5 Å². The predicted molar refractivity (Wildman–Crippen MR) is 85.5 cm³/mol. The second-order valence-corrected chi connectivity index (χ2v) is 4.78. The molecule has 0 bridgehead atoms. The van der Waals surface area contributed by atoms with Gasteiger partial charge in [0.15, 0.2) is 0 Å². The van der Waals surface area contributed by atoms with E-state index < -0.39 is 0 Å². The smallest absolute Gasteiger partial charge is 0.219 e. The minimum absolute atomic E-state index is 0.209. The van der Waals surface area contributed by atoms with Gasteiger partial charge in [0, 0.05) is 13.0 Å². The summed E-state index contributed by atoms with van der Waals surface area (Å²) in [6.45, 7) is 11.3. The third kappa shape index (κ3) is 23.0. The molecule has 0 aliphatic carbocycles. The summed E-state index contributed by atoms with van der Waals surface area (Å²) in [6, 6.07) is 0. The lowest BCUT2D eigenvalue weighted by Gasteiger charge is -2.02. The average Bonchev–Trinajstić information content (AvgIpc) is 2.40. The lowest BCUT2D eigenvalue weighted by atomic mass is 10.1. The van der Waals surface area contributed by atoms with Gasteiger partial charge < -0.3 is 10.6 Å². The van der Waals surface area contributed by atoms with Gasteiger partial charge >= 0.3 is 0 Å². The zero-order valence-electron chi connectivity index (χ0n) is 13.7. The maximum Gasteiger partial charge on any atom is 0.219 e. The highest BCUT2D eigenvalue weighted by molar-refractivity contribution is 5.75. The van der Waals surface area contributed by atoms with E-state index in [4.69, 9.17) is 0 Å². The third-order valence-electron chi connectivity index (χ3n) is 2.88. The normalized spacial score (nSPS) is 9.68. The van der Waals surface area contributed by atoms with Crippen LogP contribution in [0.3, 0.4) is 0 Å². The van der Waals surface area contributed by atoms with E-state index in [2.05, 4.69) is 31.4 Å². The zero-order valence-corrected chi connectivity index (χ0v) is 13.7. The molecule has 0 saturated carbocycles. The molecular formula is C16H36N2O. The fourth-order valence-electron chi connectivity index (χ4n) is 1.78. The Morgan fingerprint density at radius 2 is 1.26 bits per heavy atom. The maximum absolute atomic E-state index is 11.1. The fourth-order valence-corrected chi connectivity index (χ4v) is 1.78. The van der Waals surface area contributed by atoms with Crippen LogP contribution < -0.4 is 10.6 Å². The van der Waals surface area contributed by atoms with E-state index in [9.17, 15) is 4.79 Å². The van der Waals surface area contributed by atoms with Crippen LogP contribution in [-0.4, -0.2) is 25.5 Å². The van der Waals surface area contributed by atoms with Gasteiger partial charge in [-0.25, -0.2) is 0 Å². The van der Waals surface area contributed by atoms with Gasteiger partial charge in [-0.05, 0) is 26.4 Å². The molecule has 2 N–H and O–H groups in total. The van der Waals surface area contributed by atoms with Crippen LogP contribution in [-0.2, 0) is 4.79 Å². The highest BCUT2D eigenvalue weighted by atomic mass is 16.1. The summed E-state index contributed by atoms with van der Waals surface area (Å²) in [5.41, 5.74) is 0. The van der Waals surface area contributed by atoms with Gasteiger partial charge in [-0.1, -0.05) is 59.3 Å². The Bertz CT molecular complexity index is 170. The summed E-state index contributed by atoms with van der Waals surface area (Å²) in [6.07, 6.45) is 9.62. The highest BCUT2D eigenvalue weighted by Crippen LogP contribution is 2.07. The van der Waals surface area contributed by atoms with Crippen LogP contribution in [0.25, 0.3) is 0 Å². The SMILES string of the molecule is CCCCCCCCCC(=O)NCC.CCNCC. The molecule has 19 heavy (non-hydrogen) atoms. The van der Waals surface area contributed by atoms with Crippen LogP contribution in [0.1, 0.15) is 79.1 Å². The van der Waals surface area contributed by atoms with Crippen molar-refractivity contribution in [1.82, 2.24) is 10.6 Å². The molecule has 0 aliphatic rings. The van der Waals surface area contributed by atoms with Crippen molar-refractivity contribution >= 4 is 5.91 Å². The molecule has 0 aromatic heterocycles. The summed E-state index contributed by atoms with van der Waals surface area (Å²) in [5.74, 6) is 0.209. The first-order valence-electron chi connectivity index (χ1n) is 8.20. The summed E-state index contributed by atoms with van der Waals surface area (Å²) >= 11 is 0. The predicted octanol–water partition coefficient (Wildman–Crippen LogP) is 3.88. The minimum Gasteiger partial charge on any atom is -0.356 e. The second-order valence-electron chi connectivity index (χ2n) is 4.78. The standard InChI is InChI=1S/C12H25NO.C4H11N/c1-3-5-6-7-8-9-10-11-12(14)13-4-2;1-3-5-4-2/h3-11H2,1-2H3,(H,13,14);5H,3-4H2,1-2H3. The van der Waals surface area contributed by atoms with Gasteiger partial charge in [-0.15, -0.1) is 0 Å². The minimum atomic E-state index is 0.209. The summed E-state index contributed by atoms with van der Waals surface area (Å²) < 4.78 is 0. The van der Waals surface area contributed by atoms with Crippen LogP contribution in [0.15, 0.2) is 0 Å². The Balaban J connectivity index is 0. The van der Waals surface area contributed by atoms with E-state index in [1.54, 1.807) is 0 Å². The molecule has 3 heteroatoms. The molecule has 0 saturated heterocycles. The van der Waals surface area contributed by atoms with Gasteiger partial charge in [0.2, 0.25) is 5.91 Å². The largest absolute Gasteiger partial charge is 0.356 e. The molecule has 0 atom stereocenters. The van der Waals surface area contributed by atoms with E-state index in [1.807, 2.05) is 6.92 Å². The number of amides is 1. The molecule has 0 aliphatic heterocycles. The molecular weight excluding hydrogens is 236 g/mol. The Morgan fingerprint density at radius 1 is 0.737 bits per heavy atom. The summed E-state index contributed by atoms with van der Waals surface area (Å²) in [4.78, 5) is 11.1. The molecule has 0 aromatic rings. The summed E-state index contributed by atoms with van der Waals surface area (Å²) in [7, 11) is 0. The first-order valence-corrected chi connectivity index (χ1v) is 8.20. The van der Waals surface area contributed by atoms with Gasteiger partial charge in [0.1, 0.15) is 0 Å². The van der Waals surface area contributed by atoms with Crippen molar-refractivity contribution in [3.63, 3.8) is 0 Å². The molecule has 0 radical (unpaired) electrons. The molecule has 0 heterocycles. The topological polar surface area (TPSA) is 41.1 Å². The Labute approximate surface area is 120 Å². The Kier molecular flexibility index (Phi) is 21.6. The van der Waals surface area contributed by atoms with E-state index in [0.29, 0.717) is 6.42 Å². The fraction of sp³-hybridized carbons (Fsp3) is 0.938. The third-order valence-corrected chi connectivity index (χ3v) is 2.88. The van der Waals surface area contributed by atoms with Gasteiger partial charge in [0.05, 0.1) is 0 Å². The molecule has 0 aromatic carbocycles. The number of rotatable bonds is 11. The Hall–Kier alpha value is -0.570. The van der Waals surface area contributed by atoms with Crippen molar-refractivity contribution in [3.05, 3.63) is 0 Å². The average molecular weight is 272 g/mol. The van der Waals surface area contributed by atoms with E-state index in [-0.39, 0.29) is 5.91 Å². The van der Waals surface area contributed by atoms with Crippen molar-refractivity contribution in [2.45, 2.75) is 79.1 Å². The van der Waals surface area contributed by atoms with Crippen LogP contribution >= 0.6 is 0 Å². The van der Waals surface area contributed by atoms with Crippen LogP contribution in [0, 0.1) is 0 Å². The van der Waals surface area contributed by atoms with Crippen LogP contribution in [0.2, 0.25) is 0 Å². The van der Waals surface area contributed by atoms with Crippen molar-refractivity contribution in [3.8, 4) is 0 Å². The summed E-state index contributed by atoms with van der Waals surface area (Å²) in [5, 5.41) is 5.93. The molecule has 1 amide bonds. The molecule has 0 rings (SSSR count). The van der Waals surface area contributed by atoms with Crippen molar-refractivity contribution in [1.29, 1.82) is 0 Å². The van der Waals surface area contributed by atoms with E-state index >= 15 is 0 Å². The number of carbonyl (C=O) groups excluding carboxylic acids is 1. The lowest BCUT2D eigenvalue weighted by molar-refractivity contribution is -0.121. The van der Waals surface area contributed by atoms with Crippen molar-refractivity contribution in [2.75, 3.05) is 19.6 Å². The van der Waals surface area contributed by atoms with Gasteiger partial charge in [0.25, 0.3) is 0 Å². The van der Waals surface area contributed by atoms with E-state index in [0.717, 1.165) is 26.1 Å². The van der Waals surface area contributed by atoms with Crippen molar-refractivity contribution < 1.29 is 4.79 Å². The lowest BCUT2D eigenvalue weighted by Crippen LogP contribution is -2.21. The molecule has 0 unspecified atom stereocenters. The number of carbonyl (C=O) groups is 1.